The van der Waals surface area contributed by atoms with Gasteiger partial charge in [-0.3, -0.25) is 4.79 Å². The molecule has 0 aliphatic carbocycles. The van der Waals surface area contributed by atoms with Crippen LogP contribution in [-0.2, 0) is 19.6 Å². The summed E-state index contributed by atoms with van der Waals surface area (Å²) in [5, 5.41) is 0. The van der Waals surface area contributed by atoms with Crippen molar-refractivity contribution in [1.82, 2.24) is 0 Å². The fourth-order valence-corrected chi connectivity index (χ4v) is 2.66. The van der Waals surface area contributed by atoms with Crippen LogP contribution in [0, 0.1) is 5.41 Å². The molecule has 0 heterocycles. The van der Waals surface area contributed by atoms with E-state index in [0.717, 1.165) is 12.2 Å². The molecule has 0 aliphatic heterocycles. The topological polar surface area (TPSA) is 83.5 Å². The van der Waals surface area contributed by atoms with Gasteiger partial charge in [-0.1, -0.05) is 6.92 Å². The predicted octanol–water partition coefficient (Wildman–Crippen LogP) is -1.36. The van der Waals surface area contributed by atoms with Crippen LogP contribution < -0.4 is 51.4 Å². The number of thioether (sulfide) groups is 1. The van der Waals surface area contributed by atoms with E-state index in [2.05, 4.69) is 6.92 Å². The molecule has 108 valence electrons. The monoisotopic (exact) mass is 336 g/mol. The molecule has 8 heteroatoms. The molecule has 0 aromatic heterocycles. The van der Waals surface area contributed by atoms with Gasteiger partial charge in [0, 0.05) is 11.5 Å². The summed E-state index contributed by atoms with van der Waals surface area (Å²) < 4.78 is 36.0. The van der Waals surface area contributed by atoms with Gasteiger partial charge >= 0.3 is 57.4 Å². The number of ether oxygens (including phenoxy) is 1. The first-order chi connectivity index (χ1) is 8.19. The minimum atomic E-state index is -4.22. The molecule has 0 rings (SSSR count). The van der Waals surface area contributed by atoms with Gasteiger partial charge in [-0.05, 0) is 32.4 Å². The normalized spacial score (nSPS) is 11.8. The van der Waals surface area contributed by atoms with Crippen LogP contribution in [0.4, 0.5) is 0 Å². The van der Waals surface area contributed by atoms with E-state index in [0.29, 0.717) is 5.75 Å². The van der Waals surface area contributed by atoms with Gasteiger partial charge in [0.05, 0.1) is 22.1 Å². The van der Waals surface area contributed by atoms with Crippen molar-refractivity contribution in [3.63, 3.8) is 0 Å². The Morgan fingerprint density at radius 2 is 1.95 bits per heavy atom. The summed E-state index contributed by atoms with van der Waals surface area (Å²) in [7, 11) is -4.22. The quantitative estimate of drug-likeness (QED) is 0.224. The van der Waals surface area contributed by atoms with E-state index < -0.39 is 21.3 Å². The molecule has 0 aromatic rings. The van der Waals surface area contributed by atoms with Gasteiger partial charge in [0.25, 0.3) is 0 Å². The van der Waals surface area contributed by atoms with Crippen LogP contribution in [0.3, 0.4) is 0 Å². The zero-order valence-corrected chi connectivity index (χ0v) is 16.9. The van der Waals surface area contributed by atoms with E-state index in [4.69, 9.17) is 4.74 Å². The summed E-state index contributed by atoms with van der Waals surface area (Å²) in [5.74, 6) is 0.810. The van der Waals surface area contributed by atoms with Gasteiger partial charge in [0.15, 0.2) is 0 Å². The van der Waals surface area contributed by atoms with Crippen LogP contribution in [0.2, 0.25) is 0 Å². The van der Waals surface area contributed by atoms with Crippen molar-refractivity contribution in [2.75, 3.05) is 23.9 Å². The van der Waals surface area contributed by atoms with Crippen LogP contribution in [0.25, 0.3) is 0 Å². The minimum Gasteiger partial charge on any atom is -0.748 e. The molecular formula is C11H21KO5S2. The first-order valence-corrected chi connectivity index (χ1v) is 8.61. The molecule has 0 unspecified atom stereocenters. The molecule has 5 nitrogen and oxygen atoms in total. The number of carbonyl (C=O) groups excluding carboxylic acids is 1. The van der Waals surface area contributed by atoms with Crippen LogP contribution in [0.15, 0.2) is 0 Å². The molecule has 0 saturated heterocycles. The number of esters is 1. The molecular weight excluding hydrogens is 315 g/mol. The second-order valence-corrected chi connectivity index (χ2v) is 7.32. The Labute approximate surface area is 162 Å². The van der Waals surface area contributed by atoms with Crippen LogP contribution in [0.1, 0.15) is 33.6 Å². The Bertz CT molecular complexity index is 354. The minimum absolute atomic E-state index is 0. The van der Waals surface area contributed by atoms with Gasteiger partial charge in [0.2, 0.25) is 0 Å². The number of hydrogen-bond donors (Lipinski definition) is 0. The summed E-state index contributed by atoms with van der Waals surface area (Å²) in [6.45, 7) is 5.63. The first-order valence-electron chi connectivity index (χ1n) is 5.87. The zero-order chi connectivity index (χ0) is 14.2. The Morgan fingerprint density at radius 1 is 1.37 bits per heavy atom. The SMILES string of the molecule is CCCSCC(C)(C)C(=O)OCCCS(=O)(=O)[O-].[K+]. The number of rotatable bonds is 9. The standard InChI is InChI=1S/C11H22O5S2.K/c1-4-7-17-9-11(2,3)10(12)16-6-5-8-18(13,14)15;/h4-9H2,1-3H3,(H,13,14,15);/q;+1/p-1. The third-order valence-corrected chi connectivity index (χ3v) is 4.55. The number of hydrogen-bond acceptors (Lipinski definition) is 6. The molecule has 0 bridgehead atoms. The van der Waals surface area contributed by atoms with Gasteiger partial charge in [-0.25, -0.2) is 8.42 Å². The zero-order valence-electron chi connectivity index (χ0n) is 12.1. The molecule has 0 aromatic carbocycles. The van der Waals surface area contributed by atoms with Gasteiger partial charge in [-0.2, -0.15) is 11.8 Å². The predicted molar refractivity (Wildman–Crippen MR) is 71.5 cm³/mol. The average Bonchev–Trinajstić information content (AvgIpc) is 2.23. The Balaban J connectivity index is 0. The van der Waals surface area contributed by atoms with Crippen molar-refractivity contribution in [3.05, 3.63) is 0 Å². The van der Waals surface area contributed by atoms with Crippen molar-refractivity contribution < 1.29 is 73.9 Å². The summed E-state index contributed by atoms with van der Waals surface area (Å²) >= 11 is 1.69. The Hall–Kier alpha value is 1.37. The third kappa shape index (κ3) is 12.8. The van der Waals surface area contributed by atoms with E-state index in [-0.39, 0.29) is 70.4 Å². The van der Waals surface area contributed by atoms with Crippen molar-refractivity contribution in [2.45, 2.75) is 33.6 Å². The summed E-state index contributed by atoms with van der Waals surface area (Å²) in [4.78, 5) is 11.7. The molecule has 0 spiro atoms. The third-order valence-electron chi connectivity index (χ3n) is 2.14. The van der Waals surface area contributed by atoms with E-state index in [9.17, 15) is 17.8 Å². The largest absolute Gasteiger partial charge is 1.00 e. The van der Waals surface area contributed by atoms with Crippen LogP contribution in [0.5, 0.6) is 0 Å². The summed E-state index contributed by atoms with van der Waals surface area (Å²) in [6.07, 6.45) is 1.10. The molecule has 0 fully saturated rings. The Morgan fingerprint density at radius 3 is 2.42 bits per heavy atom. The fraction of sp³-hybridized carbons (Fsp3) is 0.909. The molecule has 0 amide bonds. The van der Waals surface area contributed by atoms with Crippen molar-refractivity contribution >= 4 is 27.8 Å². The molecule has 0 N–H and O–H groups in total. The second kappa shape index (κ2) is 11.0. The van der Waals surface area contributed by atoms with Crippen molar-refractivity contribution in [1.29, 1.82) is 0 Å². The van der Waals surface area contributed by atoms with Gasteiger partial charge < -0.3 is 9.29 Å². The molecule has 0 saturated carbocycles. The smallest absolute Gasteiger partial charge is 0.748 e. The fourth-order valence-electron chi connectivity index (χ4n) is 1.13. The van der Waals surface area contributed by atoms with Gasteiger partial charge in [-0.15, -0.1) is 0 Å². The van der Waals surface area contributed by atoms with E-state index >= 15 is 0 Å². The first kappa shape index (κ1) is 22.6. The van der Waals surface area contributed by atoms with Gasteiger partial charge in [0.1, 0.15) is 0 Å². The second-order valence-electron chi connectivity index (χ2n) is 4.69. The van der Waals surface area contributed by atoms with Crippen LogP contribution >= 0.6 is 11.8 Å². The van der Waals surface area contributed by atoms with E-state index in [1.165, 1.54) is 0 Å². The summed E-state index contributed by atoms with van der Waals surface area (Å²) in [6, 6.07) is 0. The number of carbonyl (C=O) groups is 1. The maximum Gasteiger partial charge on any atom is 1.00 e. The maximum atomic E-state index is 11.7. The molecule has 0 radical (unpaired) electrons. The summed E-state index contributed by atoms with van der Waals surface area (Å²) in [5.41, 5.74) is -0.587. The molecule has 0 atom stereocenters. The van der Waals surface area contributed by atoms with Crippen LogP contribution in [-0.4, -0.2) is 42.8 Å². The van der Waals surface area contributed by atoms with E-state index in [1.807, 2.05) is 0 Å². The van der Waals surface area contributed by atoms with Crippen molar-refractivity contribution in [2.24, 2.45) is 5.41 Å². The molecule has 0 aliphatic rings. The van der Waals surface area contributed by atoms with Crippen molar-refractivity contribution in [3.8, 4) is 0 Å². The maximum absolute atomic E-state index is 11.7. The average molecular weight is 337 g/mol. The molecule has 19 heavy (non-hydrogen) atoms. The van der Waals surface area contributed by atoms with E-state index in [1.54, 1.807) is 25.6 Å². The Kier molecular flexibility index (Phi) is 13.1.